The molecule has 0 unspecified atom stereocenters. The van der Waals surface area contributed by atoms with Gasteiger partial charge in [-0.05, 0) is 17.7 Å². The summed E-state index contributed by atoms with van der Waals surface area (Å²) < 4.78 is 0.931. The molecule has 0 aliphatic carbocycles. The number of aliphatic carboxylic acids is 1. The van der Waals surface area contributed by atoms with E-state index in [-0.39, 0.29) is 0 Å². The summed E-state index contributed by atoms with van der Waals surface area (Å²) in [7, 11) is 0. The first-order chi connectivity index (χ1) is 7.58. The summed E-state index contributed by atoms with van der Waals surface area (Å²) >= 11 is 3.31. The van der Waals surface area contributed by atoms with E-state index in [1.54, 1.807) is 0 Å². The van der Waals surface area contributed by atoms with Crippen LogP contribution in [0.5, 0.6) is 0 Å². The molecule has 84 valence electrons. The fourth-order valence-corrected chi connectivity index (χ4v) is 1.49. The molecule has 1 aromatic carbocycles. The van der Waals surface area contributed by atoms with Gasteiger partial charge in [0.05, 0.1) is 0 Å². The van der Waals surface area contributed by atoms with Crippen molar-refractivity contribution in [1.82, 2.24) is 5.32 Å². The number of carboxylic acid groups (broad SMARTS) is 1. The van der Waals surface area contributed by atoms with Crippen LogP contribution < -0.4 is 5.32 Å². The topological polar surface area (TPSA) is 66.4 Å². The maximum atomic E-state index is 11.1. The van der Waals surface area contributed by atoms with Crippen molar-refractivity contribution in [3.05, 3.63) is 46.5 Å². The third-order valence-corrected chi connectivity index (χ3v) is 2.23. The summed E-state index contributed by atoms with van der Waals surface area (Å²) in [6.07, 6.45) is 1.79. The fraction of sp³-hybridized carbons (Fsp3) is 0.0909. The lowest BCUT2D eigenvalue weighted by molar-refractivity contribution is -0.131. The van der Waals surface area contributed by atoms with Gasteiger partial charge in [-0.2, -0.15) is 0 Å². The first-order valence-electron chi connectivity index (χ1n) is 4.51. The van der Waals surface area contributed by atoms with Crippen LogP contribution in [0.1, 0.15) is 5.56 Å². The average Bonchev–Trinajstić information content (AvgIpc) is 2.23. The fourth-order valence-electron chi connectivity index (χ4n) is 1.04. The van der Waals surface area contributed by atoms with E-state index in [0.717, 1.165) is 22.2 Å². The Balaban J connectivity index is 2.46. The number of carboxylic acids is 1. The normalized spacial score (nSPS) is 10.3. The minimum atomic E-state index is -1.14. The lowest BCUT2D eigenvalue weighted by atomic mass is 10.2. The Hall–Kier alpha value is -1.62. The maximum Gasteiger partial charge on any atom is 0.328 e. The monoisotopic (exact) mass is 283 g/mol. The molecular formula is C11H10BrNO3. The Morgan fingerprint density at radius 3 is 2.75 bits per heavy atom. The van der Waals surface area contributed by atoms with Gasteiger partial charge in [-0.1, -0.05) is 28.1 Å². The molecule has 0 saturated heterocycles. The zero-order valence-corrected chi connectivity index (χ0v) is 9.90. The van der Waals surface area contributed by atoms with Crippen LogP contribution in [-0.4, -0.2) is 17.0 Å². The van der Waals surface area contributed by atoms with Crippen LogP contribution >= 0.6 is 15.9 Å². The zero-order chi connectivity index (χ0) is 12.0. The quantitative estimate of drug-likeness (QED) is 0.827. The van der Waals surface area contributed by atoms with E-state index in [4.69, 9.17) is 5.11 Å². The molecule has 0 radical (unpaired) electrons. The van der Waals surface area contributed by atoms with E-state index in [2.05, 4.69) is 21.2 Å². The molecular weight excluding hydrogens is 274 g/mol. The Morgan fingerprint density at radius 2 is 2.12 bits per heavy atom. The van der Waals surface area contributed by atoms with Crippen LogP contribution in [0.4, 0.5) is 0 Å². The molecule has 0 aliphatic heterocycles. The van der Waals surface area contributed by atoms with Gasteiger partial charge >= 0.3 is 5.97 Å². The van der Waals surface area contributed by atoms with Gasteiger partial charge in [0.1, 0.15) is 0 Å². The molecule has 1 aromatic rings. The second-order valence-corrected chi connectivity index (χ2v) is 3.93. The van der Waals surface area contributed by atoms with Crippen LogP contribution in [0.2, 0.25) is 0 Å². The first-order valence-corrected chi connectivity index (χ1v) is 5.30. The van der Waals surface area contributed by atoms with E-state index in [0.29, 0.717) is 6.54 Å². The Kier molecular flexibility index (Phi) is 4.72. The van der Waals surface area contributed by atoms with E-state index >= 15 is 0 Å². The molecule has 0 saturated carbocycles. The highest BCUT2D eigenvalue weighted by Gasteiger charge is 1.98. The SMILES string of the molecule is O=C(O)/C=C/C(=O)NCc1cccc(Br)c1. The number of nitrogens with one attached hydrogen (secondary N) is 1. The molecule has 0 spiro atoms. The smallest absolute Gasteiger partial charge is 0.328 e. The number of carbonyl (C=O) groups excluding carboxylic acids is 1. The largest absolute Gasteiger partial charge is 0.478 e. The van der Waals surface area contributed by atoms with E-state index in [1.807, 2.05) is 24.3 Å². The van der Waals surface area contributed by atoms with Crippen LogP contribution in [0.15, 0.2) is 40.9 Å². The third-order valence-electron chi connectivity index (χ3n) is 1.73. The molecule has 2 N–H and O–H groups in total. The molecule has 5 heteroatoms. The maximum absolute atomic E-state index is 11.1. The molecule has 0 fully saturated rings. The second-order valence-electron chi connectivity index (χ2n) is 3.02. The molecule has 1 rings (SSSR count). The number of hydrogen-bond donors (Lipinski definition) is 2. The molecule has 16 heavy (non-hydrogen) atoms. The van der Waals surface area contributed by atoms with Gasteiger partial charge in [-0.3, -0.25) is 4.79 Å². The van der Waals surface area contributed by atoms with Gasteiger partial charge in [0.2, 0.25) is 5.91 Å². The van der Waals surface area contributed by atoms with Gasteiger partial charge < -0.3 is 10.4 Å². The average molecular weight is 284 g/mol. The lowest BCUT2D eigenvalue weighted by Gasteiger charge is -2.02. The summed E-state index contributed by atoms with van der Waals surface area (Å²) in [4.78, 5) is 21.3. The number of halogens is 1. The van der Waals surface area contributed by atoms with Crippen LogP contribution in [0.3, 0.4) is 0 Å². The van der Waals surface area contributed by atoms with Crippen LogP contribution in [-0.2, 0) is 16.1 Å². The summed E-state index contributed by atoms with van der Waals surface area (Å²) in [5, 5.41) is 10.9. The molecule has 0 bridgehead atoms. The van der Waals surface area contributed by atoms with Gasteiger partial charge in [-0.25, -0.2) is 4.79 Å². The minimum absolute atomic E-state index is 0.363. The predicted octanol–water partition coefficient (Wildman–Crippen LogP) is 1.71. The van der Waals surface area contributed by atoms with Gasteiger partial charge in [0.25, 0.3) is 0 Å². The van der Waals surface area contributed by atoms with E-state index < -0.39 is 11.9 Å². The number of rotatable bonds is 4. The highest BCUT2D eigenvalue weighted by atomic mass is 79.9. The highest BCUT2D eigenvalue weighted by Crippen LogP contribution is 2.11. The third kappa shape index (κ3) is 4.75. The highest BCUT2D eigenvalue weighted by molar-refractivity contribution is 9.10. The van der Waals surface area contributed by atoms with Crippen molar-refractivity contribution in [2.45, 2.75) is 6.54 Å². The summed E-state index contributed by atoms with van der Waals surface area (Å²) in [6, 6.07) is 7.49. The lowest BCUT2D eigenvalue weighted by Crippen LogP contribution is -2.20. The number of hydrogen-bond acceptors (Lipinski definition) is 2. The van der Waals surface area contributed by atoms with Crippen molar-refractivity contribution in [1.29, 1.82) is 0 Å². The van der Waals surface area contributed by atoms with Crippen molar-refractivity contribution in [3.8, 4) is 0 Å². The molecule has 1 amide bonds. The zero-order valence-electron chi connectivity index (χ0n) is 8.31. The molecule has 0 aromatic heterocycles. The number of carbonyl (C=O) groups is 2. The van der Waals surface area contributed by atoms with Gasteiger partial charge in [-0.15, -0.1) is 0 Å². The van der Waals surface area contributed by atoms with Crippen molar-refractivity contribution in [2.75, 3.05) is 0 Å². The Morgan fingerprint density at radius 1 is 1.38 bits per heavy atom. The summed E-state index contributed by atoms with van der Waals surface area (Å²) in [6.45, 7) is 0.363. The molecule has 0 aliphatic rings. The molecule has 0 atom stereocenters. The minimum Gasteiger partial charge on any atom is -0.478 e. The predicted molar refractivity (Wildman–Crippen MR) is 62.8 cm³/mol. The Labute approximate surface area is 101 Å². The van der Waals surface area contributed by atoms with Crippen molar-refractivity contribution in [3.63, 3.8) is 0 Å². The first kappa shape index (κ1) is 12.4. The van der Waals surface area contributed by atoms with Crippen molar-refractivity contribution in [2.24, 2.45) is 0 Å². The van der Waals surface area contributed by atoms with Gasteiger partial charge in [0.15, 0.2) is 0 Å². The summed E-state index contributed by atoms with van der Waals surface area (Å²) in [5.41, 5.74) is 0.937. The van der Waals surface area contributed by atoms with Crippen LogP contribution in [0, 0.1) is 0 Å². The molecule has 4 nitrogen and oxygen atoms in total. The van der Waals surface area contributed by atoms with E-state index in [1.165, 1.54) is 0 Å². The Bertz CT molecular complexity index is 429. The van der Waals surface area contributed by atoms with Crippen molar-refractivity contribution < 1.29 is 14.7 Å². The number of benzene rings is 1. The summed E-state index contributed by atoms with van der Waals surface area (Å²) in [5.74, 6) is -1.57. The second kappa shape index (κ2) is 6.07. The van der Waals surface area contributed by atoms with Gasteiger partial charge in [0, 0.05) is 23.2 Å². The number of amides is 1. The standard InChI is InChI=1S/C11H10BrNO3/c12-9-3-1-2-8(6-9)7-13-10(14)4-5-11(15)16/h1-6H,7H2,(H,13,14)(H,15,16)/b5-4+. The molecule has 0 heterocycles. The van der Waals surface area contributed by atoms with Crippen molar-refractivity contribution >= 4 is 27.8 Å². The van der Waals surface area contributed by atoms with Crippen LogP contribution in [0.25, 0.3) is 0 Å². The van der Waals surface area contributed by atoms with E-state index in [9.17, 15) is 9.59 Å².